The number of anilines is 4. The Kier molecular flexibility index (Phi) is 29.4. The highest BCUT2D eigenvalue weighted by Gasteiger charge is 2.40. The van der Waals surface area contributed by atoms with Gasteiger partial charge in [0.1, 0.15) is 13.2 Å². The molecule has 4 aromatic carbocycles. The summed E-state index contributed by atoms with van der Waals surface area (Å²) in [6.07, 6.45) is 15.0. The van der Waals surface area contributed by atoms with Gasteiger partial charge in [-0.15, -0.1) is 0 Å². The van der Waals surface area contributed by atoms with Crippen LogP contribution in [0, 0.1) is 5.92 Å². The Hall–Kier alpha value is -7.38. The third-order valence-corrected chi connectivity index (χ3v) is 14.4. The predicted octanol–water partition coefficient (Wildman–Crippen LogP) is 12.3. The highest BCUT2D eigenvalue weighted by Crippen LogP contribution is 2.27. The van der Waals surface area contributed by atoms with Crippen molar-refractivity contribution in [2.45, 2.75) is 78.2 Å². The summed E-state index contributed by atoms with van der Waals surface area (Å²) < 4.78 is 39.6. The summed E-state index contributed by atoms with van der Waals surface area (Å²) >= 11 is 0. The molecular formula is C58H78N6O11Si. The molecule has 0 saturated heterocycles. The number of amides is 6. The first-order chi connectivity index (χ1) is 37.0. The zero-order chi connectivity index (χ0) is 54.5. The van der Waals surface area contributed by atoms with E-state index in [0.29, 0.717) is 101 Å². The van der Waals surface area contributed by atoms with E-state index in [1.54, 1.807) is 12.1 Å². The Morgan fingerprint density at radius 3 is 1.36 bits per heavy atom. The third kappa shape index (κ3) is 25.7. The maximum absolute atomic E-state index is 12.8. The maximum atomic E-state index is 12.8. The first-order valence-electron chi connectivity index (χ1n) is 26.1. The van der Waals surface area contributed by atoms with Crippen LogP contribution in [0.5, 0.6) is 0 Å². The molecule has 6 N–H and O–H groups in total. The van der Waals surface area contributed by atoms with Crippen molar-refractivity contribution in [3.05, 3.63) is 169 Å². The van der Waals surface area contributed by atoms with E-state index in [-0.39, 0.29) is 31.2 Å². The minimum atomic E-state index is -2.88. The molecule has 0 spiro atoms. The van der Waals surface area contributed by atoms with Crippen molar-refractivity contribution in [3.8, 4) is 0 Å². The van der Waals surface area contributed by atoms with Crippen LogP contribution < -0.4 is 31.9 Å². The second-order valence-electron chi connectivity index (χ2n) is 17.3. The summed E-state index contributed by atoms with van der Waals surface area (Å²) in [5.74, 6) is 0.236. The van der Waals surface area contributed by atoms with E-state index < -0.39 is 21.0 Å². The van der Waals surface area contributed by atoms with Gasteiger partial charge in [0.2, 0.25) is 0 Å². The van der Waals surface area contributed by atoms with Crippen LogP contribution in [0.4, 0.5) is 41.9 Å². The highest BCUT2D eigenvalue weighted by molar-refractivity contribution is 6.60. The second-order valence-corrected chi connectivity index (χ2v) is 20.0. The average Bonchev–Trinajstić information content (AvgIpc) is 3.39. The van der Waals surface area contributed by atoms with Crippen LogP contribution in [0.25, 0.3) is 0 Å². The number of allylic oxidation sites excluding steroid dienone is 2. The quantitative estimate of drug-likeness (QED) is 0.0109. The number of nitrogens with one attached hydrogen (secondary N) is 6. The van der Waals surface area contributed by atoms with E-state index in [4.69, 9.17) is 32.2 Å². The van der Waals surface area contributed by atoms with Gasteiger partial charge in [-0.25, -0.2) is 19.2 Å². The molecule has 17 nitrogen and oxygen atoms in total. The van der Waals surface area contributed by atoms with Crippen molar-refractivity contribution >= 4 is 55.8 Å². The van der Waals surface area contributed by atoms with Gasteiger partial charge in [-0.2, -0.15) is 0 Å². The van der Waals surface area contributed by atoms with E-state index in [0.717, 1.165) is 47.9 Å². The van der Waals surface area contributed by atoms with Gasteiger partial charge in [0.15, 0.2) is 0 Å². The zero-order valence-corrected chi connectivity index (χ0v) is 45.4. The third-order valence-electron chi connectivity index (χ3n) is 11.3. The number of hydrogen-bond donors (Lipinski definition) is 6. The van der Waals surface area contributed by atoms with Gasteiger partial charge >= 0.3 is 33.1 Å². The van der Waals surface area contributed by atoms with E-state index >= 15 is 0 Å². The summed E-state index contributed by atoms with van der Waals surface area (Å²) in [5, 5.41) is 17.0. The van der Waals surface area contributed by atoms with Crippen LogP contribution in [-0.4, -0.2) is 92.4 Å². The van der Waals surface area contributed by atoms with Gasteiger partial charge in [-0.3, -0.25) is 10.6 Å². The Bertz CT molecular complexity index is 2440. The smallest absolute Gasteiger partial charge is 0.500 e. The molecule has 1 atom stereocenters. The fraction of sp³-hybridized carbons (Fsp3) is 0.379. The molecule has 0 bridgehead atoms. The lowest BCUT2D eigenvalue weighted by molar-refractivity contribution is 0.0694. The molecule has 76 heavy (non-hydrogen) atoms. The Labute approximate surface area is 450 Å². The van der Waals surface area contributed by atoms with Crippen LogP contribution >= 0.6 is 0 Å². The van der Waals surface area contributed by atoms with Crippen LogP contribution in [0.3, 0.4) is 0 Å². The van der Waals surface area contributed by atoms with E-state index in [1.165, 1.54) is 12.5 Å². The predicted molar refractivity (Wildman–Crippen MR) is 303 cm³/mol. The summed E-state index contributed by atoms with van der Waals surface area (Å²) in [6, 6.07) is 30.4. The standard InChI is InChI=1S/C58H78N6O11Si/c1-6-69-35-20-33-59-55(65)61-51-28-16-24-47(42-51)40-49-26-18-30-53(44-49)63-57(67)71-37-14-11-12-22-46(32-39-76(73-8-3,74-9-4)75-10-5)23-13-15-38-72-58(68)64-54-31-19-27-50(45-54)41-48-25-17-29-52(43-48)62-56(66)60-34-21-36-70-7-2/h6-7,11,13-19,24-31,42-46H,1-2,8-10,12,20-23,32-41H2,3-5H3,(H,63,67)(H,64,68)(H2,59,61,65)(H2,60,62,66). The van der Waals surface area contributed by atoms with Crippen molar-refractivity contribution in [2.75, 3.05) is 80.6 Å². The van der Waals surface area contributed by atoms with Crippen LogP contribution in [-0.2, 0) is 45.1 Å². The molecule has 6 amide bonds. The molecule has 410 valence electrons. The van der Waals surface area contributed by atoms with Crippen molar-refractivity contribution in [3.63, 3.8) is 0 Å². The minimum Gasteiger partial charge on any atom is -0.502 e. The SMILES string of the molecule is C=COCCCNC(=O)Nc1cccc(Cc2cccc(NC(=O)OCC=CCCC(CC=CCOC(=O)Nc3cccc(Cc4cccc(NC(=O)NCCCOC=C)c4)c3)CC[Si](OCC)(OCC)OCC)c2)c1. The topological polar surface area (TPSA) is 205 Å². The largest absolute Gasteiger partial charge is 0.502 e. The monoisotopic (exact) mass is 1060 g/mol. The summed E-state index contributed by atoms with van der Waals surface area (Å²) in [5.41, 5.74) is 6.48. The van der Waals surface area contributed by atoms with Crippen LogP contribution in [0.2, 0.25) is 6.04 Å². The van der Waals surface area contributed by atoms with Crippen molar-refractivity contribution in [2.24, 2.45) is 5.92 Å². The first kappa shape index (κ1) is 61.2. The van der Waals surface area contributed by atoms with E-state index in [2.05, 4.69) is 45.1 Å². The molecule has 0 aromatic heterocycles. The highest BCUT2D eigenvalue weighted by atomic mass is 28.4. The molecule has 0 aliphatic rings. The molecule has 1 unspecified atom stereocenters. The fourth-order valence-corrected chi connectivity index (χ4v) is 10.7. The fourth-order valence-electron chi connectivity index (χ4n) is 7.93. The minimum absolute atomic E-state index is 0.0922. The number of hydrogen-bond acceptors (Lipinski definition) is 11. The molecule has 0 aliphatic carbocycles. The number of urea groups is 2. The average molecular weight is 1060 g/mol. The second kappa shape index (κ2) is 36.5. The number of rotatable bonds is 36. The number of carbonyl (C=O) groups is 4. The van der Waals surface area contributed by atoms with Gasteiger partial charge in [-0.1, -0.05) is 86.0 Å². The Balaban J connectivity index is 1.23. The zero-order valence-electron chi connectivity index (χ0n) is 44.4. The molecule has 0 radical (unpaired) electrons. The van der Waals surface area contributed by atoms with Gasteiger partial charge in [0.05, 0.1) is 25.7 Å². The summed E-state index contributed by atoms with van der Waals surface area (Å²) in [7, 11) is -2.88. The molecular weight excluding hydrogens is 985 g/mol. The lowest BCUT2D eigenvalue weighted by Gasteiger charge is -2.29. The first-order valence-corrected chi connectivity index (χ1v) is 28.0. The molecule has 0 heterocycles. The van der Waals surface area contributed by atoms with Crippen molar-refractivity contribution in [1.82, 2.24) is 10.6 Å². The number of ether oxygens (including phenoxy) is 4. The lowest BCUT2D eigenvalue weighted by atomic mass is 9.96. The van der Waals surface area contributed by atoms with Gasteiger partial charge < -0.3 is 53.5 Å². The number of benzene rings is 4. The van der Waals surface area contributed by atoms with Gasteiger partial charge in [-0.05, 0) is 149 Å². The van der Waals surface area contributed by atoms with Crippen LogP contribution in [0.15, 0.2) is 147 Å². The van der Waals surface area contributed by atoms with E-state index in [1.807, 2.05) is 130 Å². The Morgan fingerprint density at radius 2 is 0.947 bits per heavy atom. The maximum Gasteiger partial charge on any atom is 0.500 e. The molecule has 18 heteroatoms. The normalized spacial score (nSPS) is 11.6. The van der Waals surface area contributed by atoms with Gasteiger partial charge in [0, 0.05) is 61.7 Å². The van der Waals surface area contributed by atoms with Gasteiger partial charge in [0.25, 0.3) is 0 Å². The lowest BCUT2D eigenvalue weighted by Crippen LogP contribution is -2.46. The molecule has 0 saturated carbocycles. The molecule has 0 fully saturated rings. The van der Waals surface area contributed by atoms with Crippen molar-refractivity contribution < 1.29 is 51.4 Å². The molecule has 4 aromatic rings. The van der Waals surface area contributed by atoms with Crippen molar-refractivity contribution in [1.29, 1.82) is 0 Å². The summed E-state index contributed by atoms with van der Waals surface area (Å²) in [6.45, 7) is 16.4. The molecule has 0 aliphatic heterocycles. The number of carbonyl (C=O) groups excluding carboxylic acids is 4. The Morgan fingerprint density at radius 1 is 0.539 bits per heavy atom. The van der Waals surface area contributed by atoms with Crippen LogP contribution in [0.1, 0.15) is 81.5 Å². The summed E-state index contributed by atoms with van der Waals surface area (Å²) in [4.78, 5) is 50.3. The van der Waals surface area contributed by atoms with E-state index in [9.17, 15) is 19.2 Å². The molecule has 4 rings (SSSR count).